The molecule has 2 bridgehead atoms. The summed E-state index contributed by atoms with van der Waals surface area (Å²) in [5.41, 5.74) is -0.290. The maximum atomic E-state index is 12.1. The molecule has 1 aromatic rings. The maximum Gasteiger partial charge on any atom is 0.340 e. The van der Waals surface area contributed by atoms with Gasteiger partial charge >= 0.3 is 5.69 Å². The van der Waals surface area contributed by atoms with Crippen LogP contribution < -0.4 is 11.0 Å². The molecule has 7 nitrogen and oxygen atoms in total. The first-order valence-electron chi connectivity index (χ1n) is 7.27. The van der Waals surface area contributed by atoms with Crippen LogP contribution in [0, 0.1) is 5.92 Å². The van der Waals surface area contributed by atoms with Crippen LogP contribution in [0.3, 0.4) is 0 Å². The lowest BCUT2D eigenvalue weighted by Crippen LogP contribution is -2.37. The molecule has 0 aliphatic carbocycles. The third-order valence-electron chi connectivity index (χ3n) is 4.10. The lowest BCUT2D eigenvalue weighted by molar-refractivity contribution is -0.130. The van der Waals surface area contributed by atoms with Crippen molar-refractivity contribution < 1.29 is 9.53 Å². The molecule has 1 amide bonds. The van der Waals surface area contributed by atoms with Gasteiger partial charge in [-0.1, -0.05) is 0 Å². The Labute approximate surface area is 116 Å². The van der Waals surface area contributed by atoms with E-state index in [1.54, 1.807) is 0 Å². The molecular formula is C13H20N4O3. The van der Waals surface area contributed by atoms with Crippen LogP contribution in [0.15, 0.2) is 4.79 Å². The van der Waals surface area contributed by atoms with Gasteiger partial charge in [-0.3, -0.25) is 9.78 Å². The van der Waals surface area contributed by atoms with E-state index in [-0.39, 0.29) is 17.5 Å². The highest BCUT2D eigenvalue weighted by Crippen LogP contribution is 2.35. The highest BCUT2D eigenvalue weighted by Gasteiger charge is 2.37. The first-order chi connectivity index (χ1) is 9.70. The summed E-state index contributed by atoms with van der Waals surface area (Å²) in [4.78, 5) is 25.5. The number of fused-ring (bicyclic) bond motifs is 2. The van der Waals surface area contributed by atoms with E-state index < -0.39 is 0 Å². The van der Waals surface area contributed by atoms with Crippen molar-refractivity contribution in [3.8, 4) is 0 Å². The van der Waals surface area contributed by atoms with Crippen LogP contribution in [0.2, 0.25) is 0 Å². The summed E-state index contributed by atoms with van der Waals surface area (Å²) < 4.78 is 5.74. The number of rotatable bonds is 5. The van der Waals surface area contributed by atoms with Crippen molar-refractivity contribution in [3.05, 3.63) is 16.3 Å². The number of nitrogens with one attached hydrogen (secondary N) is 3. The molecule has 0 saturated carbocycles. The second-order valence-corrected chi connectivity index (χ2v) is 5.64. The zero-order valence-electron chi connectivity index (χ0n) is 11.4. The van der Waals surface area contributed by atoms with Crippen molar-refractivity contribution in [2.24, 2.45) is 5.92 Å². The Morgan fingerprint density at radius 3 is 2.75 bits per heavy atom. The van der Waals surface area contributed by atoms with Crippen LogP contribution in [0.25, 0.3) is 0 Å². The Hall–Kier alpha value is -1.63. The first-order valence-corrected chi connectivity index (χ1v) is 7.27. The van der Waals surface area contributed by atoms with Crippen LogP contribution in [-0.2, 0) is 16.0 Å². The lowest BCUT2D eigenvalue weighted by Gasteiger charge is -2.27. The molecule has 3 rings (SSSR count). The van der Waals surface area contributed by atoms with Crippen molar-refractivity contribution in [1.82, 2.24) is 20.5 Å². The molecule has 3 heterocycles. The van der Waals surface area contributed by atoms with Gasteiger partial charge in [0.1, 0.15) is 5.82 Å². The van der Waals surface area contributed by atoms with Crippen molar-refractivity contribution in [2.45, 2.75) is 50.7 Å². The van der Waals surface area contributed by atoms with Crippen molar-refractivity contribution >= 4 is 5.91 Å². The molecule has 1 aromatic heterocycles. The number of aryl methyl sites for hydroxylation is 1. The minimum atomic E-state index is -0.290. The highest BCUT2D eigenvalue weighted by atomic mass is 16.5. The van der Waals surface area contributed by atoms with Crippen LogP contribution in [-0.4, -0.2) is 39.8 Å². The predicted octanol–water partition coefficient (Wildman–Crippen LogP) is 0.104. The fourth-order valence-corrected chi connectivity index (χ4v) is 3.11. The van der Waals surface area contributed by atoms with E-state index in [1.807, 2.05) is 0 Å². The second-order valence-electron chi connectivity index (χ2n) is 5.64. The van der Waals surface area contributed by atoms with Crippen LogP contribution in [0.1, 0.15) is 37.9 Å². The lowest BCUT2D eigenvalue weighted by atomic mass is 9.95. The number of carbonyl (C=O) groups excluding carboxylic acids is 1. The monoisotopic (exact) mass is 280 g/mol. The largest absolute Gasteiger partial charge is 0.375 e. The van der Waals surface area contributed by atoms with E-state index in [0.717, 1.165) is 32.1 Å². The number of amides is 1. The minimum absolute atomic E-state index is 0.103. The van der Waals surface area contributed by atoms with Gasteiger partial charge in [0, 0.05) is 18.9 Å². The Morgan fingerprint density at radius 2 is 2.10 bits per heavy atom. The Morgan fingerprint density at radius 1 is 1.35 bits per heavy atom. The minimum Gasteiger partial charge on any atom is -0.375 e. The number of ether oxygens (including phenoxy) is 1. The van der Waals surface area contributed by atoms with Crippen LogP contribution in [0.4, 0.5) is 0 Å². The maximum absolute atomic E-state index is 12.1. The summed E-state index contributed by atoms with van der Waals surface area (Å²) in [5, 5.41) is 9.13. The van der Waals surface area contributed by atoms with Gasteiger partial charge in [0.25, 0.3) is 0 Å². The summed E-state index contributed by atoms with van der Waals surface area (Å²) >= 11 is 0. The summed E-state index contributed by atoms with van der Waals surface area (Å²) in [6.45, 7) is 0.612. The second kappa shape index (κ2) is 5.78. The van der Waals surface area contributed by atoms with Crippen LogP contribution >= 0.6 is 0 Å². The molecule has 20 heavy (non-hydrogen) atoms. The Balaban J connectivity index is 1.38. The molecule has 3 N–H and O–H groups in total. The molecule has 0 radical (unpaired) electrons. The van der Waals surface area contributed by atoms with E-state index in [0.29, 0.717) is 31.0 Å². The average molecular weight is 280 g/mol. The molecule has 2 aliphatic heterocycles. The molecule has 110 valence electrons. The Kier molecular flexibility index (Phi) is 3.86. The van der Waals surface area contributed by atoms with Gasteiger partial charge in [0.15, 0.2) is 0 Å². The van der Waals surface area contributed by atoms with Gasteiger partial charge in [-0.25, -0.2) is 9.89 Å². The summed E-state index contributed by atoms with van der Waals surface area (Å²) in [5.74, 6) is 0.875. The molecule has 2 fully saturated rings. The van der Waals surface area contributed by atoms with Crippen molar-refractivity contribution in [3.63, 3.8) is 0 Å². The van der Waals surface area contributed by atoms with E-state index in [9.17, 15) is 9.59 Å². The summed E-state index contributed by atoms with van der Waals surface area (Å²) in [6, 6.07) is 0. The van der Waals surface area contributed by atoms with E-state index >= 15 is 0 Å². The Bertz CT molecular complexity index is 512. The quantitative estimate of drug-likeness (QED) is 0.666. The normalized spacial score (nSPS) is 28.5. The average Bonchev–Trinajstić information content (AvgIpc) is 3.00. The van der Waals surface area contributed by atoms with E-state index in [4.69, 9.17) is 4.74 Å². The fraction of sp³-hybridized carbons (Fsp3) is 0.769. The van der Waals surface area contributed by atoms with E-state index in [1.165, 1.54) is 0 Å². The predicted molar refractivity (Wildman–Crippen MR) is 71.2 cm³/mol. The fourth-order valence-electron chi connectivity index (χ4n) is 3.11. The summed E-state index contributed by atoms with van der Waals surface area (Å²) in [7, 11) is 0. The van der Waals surface area contributed by atoms with E-state index in [2.05, 4.69) is 20.5 Å². The molecule has 0 spiro atoms. The highest BCUT2D eigenvalue weighted by molar-refractivity contribution is 5.78. The standard InChI is InChI=1S/C13H20N4O3/c18-12(8-6-9-3-4-10(7-8)20-9)14-5-1-2-11-15-13(19)17-16-11/h8-10H,1-7H2,(H,14,18)(H2,15,16,17,19)/t8?,9-,10+. The number of aromatic nitrogens is 3. The van der Waals surface area contributed by atoms with Gasteiger partial charge in [0.05, 0.1) is 12.2 Å². The zero-order chi connectivity index (χ0) is 13.9. The first kappa shape index (κ1) is 13.4. The number of carbonyl (C=O) groups is 1. The third kappa shape index (κ3) is 3.09. The molecule has 3 atom stereocenters. The molecule has 1 unspecified atom stereocenters. The molecule has 2 aliphatic rings. The third-order valence-corrected chi connectivity index (χ3v) is 4.10. The van der Waals surface area contributed by atoms with Crippen molar-refractivity contribution in [1.29, 1.82) is 0 Å². The van der Waals surface area contributed by atoms with Gasteiger partial charge in [-0.15, -0.1) is 0 Å². The summed E-state index contributed by atoms with van der Waals surface area (Å²) in [6.07, 6.45) is 5.91. The van der Waals surface area contributed by atoms with Crippen molar-refractivity contribution in [2.75, 3.05) is 6.54 Å². The van der Waals surface area contributed by atoms with Gasteiger partial charge in [-0.2, -0.15) is 5.10 Å². The molecule has 0 aromatic carbocycles. The van der Waals surface area contributed by atoms with Gasteiger partial charge in [-0.05, 0) is 32.1 Å². The SMILES string of the molecule is O=C(NCCCc1n[nH]c(=O)[nH]1)C1C[C@H]2CC[C@@H](C1)O2. The number of aromatic amines is 2. The number of hydrogen-bond donors (Lipinski definition) is 3. The molecule has 2 saturated heterocycles. The molecule has 7 heteroatoms. The molecular weight excluding hydrogens is 260 g/mol. The number of nitrogens with zero attached hydrogens (tertiary/aromatic N) is 1. The van der Waals surface area contributed by atoms with Crippen LogP contribution in [0.5, 0.6) is 0 Å². The van der Waals surface area contributed by atoms with Gasteiger partial charge < -0.3 is 10.1 Å². The number of hydrogen-bond acceptors (Lipinski definition) is 4. The van der Waals surface area contributed by atoms with Gasteiger partial charge in [0.2, 0.25) is 5.91 Å². The topological polar surface area (TPSA) is 99.9 Å². The smallest absolute Gasteiger partial charge is 0.340 e. The zero-order valence-corrected chi connectivity index (χ0v) is 11.4. The number of H-pyrrole nitrogens is 2.